The molecule has 92 valence electrons. The van der Waals surface area contributed by atoms with E-state index in [2.05, 4.69) is 43.7 Å². The maximum atomic E-state index is 5.78. The third-order valence-electron chi connectivity index (χ3n) is 2.08. The first kappa shape index (κ1) is 14.6. The van der Waals surface area contributed by atoms with Gasteiger partial charge in [-0.15, -0.1) is 5.92 Å². The molecular formula is C13H15Br2NO. The molecule has 1 atom stereocenters. The van der Waals surface area contributed by atoms with Gasteiger partial charge in [0.25, 0.3) is 0 Å². The van der Waals surface area contributed by atoms with E-state index in [9.17, 15) is 0 Å². The zero-order chi connectivity index (χ0) is 12.8. The topological polar surface area (TPSA) is 35.2 Å². The molecule has 2 nitrogen and oxygen atoms in total. The average molecular weight is 361 g/mol. The lowest BCUT2D eigenvalue weighted by atomic mass is 10.1. The predicted molar refractivity (Wildman–Crippen MR) is 78.1 cm³/mol. The number of benzene rings is 1. The number of hydrogen-bond donors (Lipinski definition) is 1. The molecule has 1 aromatic carbocycles. The summed E-state index contributed by atoms with van der Waals surface area (Å²) in [4.78, 5) is 0. The van der Waals surface area contributed by atoms with Gasteiger partial charge in [-0.2, -0.15) is 0 Å². The van der Waals surface area contributed by atoms with Crippen molar-refractivity contribution < 1.29 is 4.74 Å². The third-order valence-corrected chi connectivity index (χ3v) is 3.26. The van der Waals surface area contributed by atoms with E-state index in [4.69, 9.17) is 10.5 Å². The molecule has 17 heavy (non-hydrogen) atoms. The fourth-order valence-electron chi connectivity index (χ4n) is 1.42. The van der Waals surface area contributed by atoms with Crippen LogP contribution in [0.5, 0.6) is 5.75 Å². The van der Waals surface area contributed by atoms with Crippen molar-refractivity contribution in [1.29, 1.82) is 0 Å². The molecule has 0 spiro atoms. The summed E-state index contributed by atoms with van der Waals surface area (Å²) < 4.78 is 7.40. The number of halogens is 2. The number of rotatable bonds is 4. The van der Waals surface area contributed by atoms with Gasteiger partial charge in [-0.25, -0.2) is 0 Å². The van der Waals surface area contributed by atoms with Gasteiger partial charge in [-0.1, -0.05) is 5.92 Å². The number of nitrogens with two attached hydrogens (primary N) is 1. The highest BCUT2D eigenvalue weighted by molar-refractivity contribution is 9.11. The Hall–Kier alpha value is -0.500. The summed E-state index contributed by atoms with van der Waals surface area (Å²) in [6, 6.07) is 4.21. The van der Waals surface area contributed by atoms with Crippen molar-refractivity contribution in [3.8, 4) is 17.6 Å². The lowest BCUT2D eigenvalue weighted by molar-refractivity contribution is 0.365. The molecule has 0 radical (unpaired) electrons. The van der Waals surface area contributed by atoms with Crippen LogP contribution < -0.4 is 10.5 Å². The van der Waals surface area contributed by atoms with Crippen LogP contribution in [-0.2, 0) is 6.42 Å². The lowest BCUT2D eigenvalue weighted by Crippen LogP contribution is -2.17. The van der Waals surface area contributed by atoms with Crippen LogP contribution in [0.1, 0.15) is 19.4 Å². The molecule has 0 aliphatic rings. The van der Waals surface area contributed by atoms with Gasteiger partial charge in [0.15, 0.2) is 0 Å². The maximum absolute atomic E-state index is 5.78. The number of hydrogen-bond acceptors (Lipinski definition) is 2. The molecule has 0 saturated carbocycles. The van der Waals surface area contributed by atoms with Crippen LogP contribution in [0.25, 0.3) is 0 Å². The second-order valence-corrected chi connectivity index (χ2v) is 5.49. The highest BCUT2D eigenvalue weighted by Gasteiger charge is 2.09. The Balaban J connectivity index is 2.88. The fraction of sp³-hybridized carbons (Fsp3) is 0.385. The molecular weight excluding hydrogens is 346 g/mol. The minimum absolute atomic E-state index is 0.145. The first-order chi connectivity index (χ1) is 8.04. The molecule has 0 aliphatic heterocycles. The maximum Gasteiger partial charge on any atom is 0.149 e. The van der Waals surface area contributed by atoms with Crippen molar-refractivity contribution in [2.75, 3.05) is 6.61 Å². The summed E-state index contributed by atoms with van der Waals surface area (Å²) in [5.74, 6) is 6.44. The van der Waals surface area contributed by atoms with Gasteiger partial charge in [0.1, 0.15) is 12.4 Å². The van der Waals surface area contributed by atoms with E-state index in [0.29, 0.717) is 6.61 Å². The van der Waals surface area contributed by atoms with E-state index in [-0.39, 0.29) is 6.04 Å². The van der Waals surface area contributed by atoms with Crippen LogP contribution in [0.2, 0.25) is 0 Å². The minimum atomic E-state index is 0.145. The number of ether oxygens (including phenoxy) is 1. The molecule has 0 fully saturated rings. The SMILES string of the molecule is CC#CCOc1c(Br)cc(CC(C)N)cc1Br. The zero-order valence-electron chi connectivity index (χ0n) is 9.89. The van der Waals surface area contributed by atoms with Crippen LogP contribution in [0.4, 0.5) is 0 Å². The Morgan fingerprint density at radius 3 is 2.41 bits per heavy atom. The van der Waals surface area contributed by atoms with Gasteiger partial charge in [0, 0.05) is 6.04 Å². The summed E-state index contributed by atoms with van der Waals surface area (Å²) in [5.41, 5.74) is 6.95. The van der Waals surface area contributed by atoms with Crippen molar-refractivity contribution in [3.05, 3.63) is 26.6 Å². The molecule has 4 heteroatoms. The second kappa shape index (κ2) is 7.05. The average Bonchev–Trinajstić information content (AvgIpc) is 2.21. The second-order valence-electron chi connectivity index (χ2n) is 3.79. The summed E-state index contributed by atoms with van der Waals surface area (Å²) in [6.07, 6.45) is 0.840. The standard InChI is InChI=1S/C13H15Br2NO/c1-3-4-5-17-13-11(14)7-10(6-9(2)16)8-12(13)15/h7-9H,5-6,16H2,1-2H3. The lowest BCUT2D eigenvalue weighted by Gasteiger charge is -2.11. The van der Waals surface area contributed by atoms with Gasteiger partial charge >= 0.3 is 0 Å². The molecule has 0 aromatic heterocycles. The summed E-state index contributed by atoms with van der Waals surface area (Å²) in [6.45, 7) is 4.17. The molecule has 0 bridgehead atoms. The summed E-state index contributed by atoms with van der Waals surface area (Å²) in [7, 11) is 0. The van der Waals surface area contributed by atoms with Crippen LogP contribution in [-0.4, -0.2) is 12.6 Å². The molecule has 0 saturated heterocycles. The van der Waals surface area contributed by atoms with Gasteiger partial charge in [0.05, 0.1) is 8.95 Å². The van der Waals surface area contributed by atoms with E-state index < -0.39 is 0 Å². The Labute approximate surface area is 119 Å². The summed E-state index contributed by atoms with van der Waals surface area (Å²) >= 11 is 6.99. The van der Waals surface area contributed by atoms with E-state index in [0.717, 1.165) is 21.1 Å². The van der Waals surface area contributed by atoms with Crippen molar-refractivity contribution in [1.82, 2.24) is 0 Å². The van der Waals surface area contributed by atoms with E-state index in [1.54, 1.807) is 6.92 Å². The summed E-state index contributed by atoms with van der Waals surface area (Å²) in [5, 5.41) is 0. The van der Waals surface area contributed by atoms with Crippen LogP contribution in [0, 0.1) is 11.8 Å². The first-order valence-electron chi connectivity index (χ1n) is 5.30. The highest BCUT2D eigenvalue weighted by atomic mass is 79.9. The molecule has 1 rings (SSSR count). The first-order valence-corrected chi connectivity index (χ1v) is 6.89. The van der Waals surface area contributed by atoms with E-state index >= 15 is 0 Å². The Bertz CT molecular complexity index is 423. The Morgan fingerprint density at radius 1 is 1.35 bits per heavy atom. The van der Waals surface area contributed by atoms with Crippen LogP contribution in [0.3, 0.4) is 0 Å². The molecule has 2 N–H and O–H groups in total. The molecule has 0 aliphatic carbocycles. The van der Waals surface area contributed by atoms with Crippen molar-refractivity contribution >= 4 is 31.9 Å². The van der Waals surface area contributed by atoms with Crippen molar-refractivity contribution in [2.24, 2.45) is 5.73 Å². The largest absolute Gasteiger partial charge is 0.479 e. The van der Waals surface area contributed by atoms with Crippen molar-refractivity contribution in [2.45, 2.75) is 26.3 Å². The normalized spacial score (nSPS) is 11.6. The Kier molecular flexibility index (Phi) is 6.04. The molecule has 1 aromatic rings. The molecule has 0 amide bonds. The monoisotopic (exact) mass is 359 g/mol. The van der Waals surface area contributed by atoms with E-state index in [1.807, 2.05) is 19.1 Å². The smallest absolute Gasteiger partial charge is 0.149 e. The van der Waals surface area contributed by atoms with Gasteiger partial charge in [-0.3, -0.25) is 0 Å². The predicted octanol–water partition coefficient (Wildman–Crippen LogP) is 3.50. The van der Waals surface area contributed by atoms with Gasteiger partial charge in [-0.05, 0) is 69.8 Å². The van der Waals surface area contributed by atoms with Crippen LogP contribution >= 0.6 is 31.9 Å². The molecule has 0 heterocycles. The molecule has 1 unspecified atom stereocenters. The zero-order valence-corrected chi connectivity index (χ0v) is 13.1. The van der Waals surface area contributed by atoms with Gasteiger partial charge < -0.3 is 10.5 Å². The highest BCUT2D eigenvalue weighted by Crippen LogP contribution is 2.35. The van der Waals surface area contributed by atoms with Crippen LogP contribution in [0.15, 0.2) is 21.1 Å². The quantitative estimate of drug-likeness (QED) is 0.834. The van der Waals surface area contributed by atoms with E-state index in [1.165, 1.54) is 5.56 Å². The third kappa shape index (κ3) is 4.71. The Morgan fingerprint density at radius 2 is 1.94 bits per heavy atom. The van der Waals surface area contributed by atoms with Gasteiger partial charge in [0.2, 0.25) is 0 Å². The minimum Gasteiger partial charge on any atom is -0.479 e. The fourth-order valence-corrected chi connectivity index (χ4v) is 2.93. The van der Waals surface area contributed by atoms with Crippen molar-refractivity contribution in [3.63, 3.8) is 0 Å².